The topological polar surface area (TPSA) is 84.1 Å². The van der Waals surface area contributed by atoms with Crippen molar-refractivity contribution >= 4 is 16.7 Å². The number of rotatable bonds is 4. The van der Waals surface area contributed by atoms with Crippen molar-refractivity contribution in [3.8, 4) is 0 Å². The average molecular weight is 287 g/mol. The van der Waals surface area contributed by atoms with Gasteiger partial charge in [0.1, 0.15) is 0 Å². The van der Waals surface area contributed by atoms with E-state index in [1.807, 2.05) is 6.07 Å². The van der Waals surface area contributed by atoms with Crippen LogP contribution in [0.1, 0.15) is 18.5 Å². The van der Waals surface area contributed by atoms with Crippen molar-refractivity contribution in [2.45, 2.75) is 25.4 Å². The molecule has 2 N–H and O–H groups in total. The molecule has 0 aliphatic carbocycles. The summed E-state index contributed by atoms with van der Waals surface area (Å²) in [6.07, 6.45) is 2.30. The van der Waals surface area contributed by atoms with Crippen LogP contribution in [0.4, 0.5) is 0 Å². The van der Waals surface area contributed by atoms with E-state index >= 15 is 0 Å². The molecular formula is C15H17N3O3. The number of benzene rings is 1. The first-order valence-electron chi connectivity index (χ1n) is 7.08. The molecule has 0 bridgehead atoms. The molecule has 110 valence electrons. The van der Waals surface area contributed by atoms with E-state index in [1.54, 1.807) is 18.2 Å². The molecule has 1 atom stereocenters. The largest absolute Gasteiger partial charge is 0.376 e. The van der Waals surface area contributed by atoms with Crippen LogP contribution in [-0.2, 0) is 16.0 Å². The van der Waals surface area contributed by atoms with Crippen molar-refractivity contribution in [3.63, 3.8) is 0 Å². The number of fused-ring (bicyclic) bond motifs is 1. The molecule has 1 amide bonds. The molecule has 2 heterocycles. The molecule has 0 saturated carbocycles. The monoisotopic (exact) mass is 287 g/mol. The van der Waals surface area contributed by atoms with Crippen LogP contribution in [0, 0.1) is 0 Å². The number of aromatic amines is 1. The van der Waals surface area contributed by atoms with Crippen molar-refractivity contribution < 1.29 is 9.53 Å². The molecule has 0 unspecified atom stereocenters. The van der Waals surface area contributed by atoms with Gasteiger partial charge in [0, 0.05) is 18.5 Å². The fourth-order valence-electron chi connectivity index (χ4n) is 2.55. The number of amides is 1. The third-order valence-electron chi connectivity index (χ3n) is 3.65. The molecule has 3 rings (SSSR count). The lowest BCUT2D eigenvalue weighted by Crippen LogP contribution is -2.33. The second-order valence-corrected chi connectivity index (χ2v) is 5.16. The quantitative estimate of drug-likeness (QED) is 0.869. The van der Waals surface area contributed by atoms with Gasteiger partial charge in [0.15, 0.2) is 0 Å². The summed E-state index contributed by atoms with van der Waals surface area (Å²) < 4.78 is 5.46. The Kier molecular flexibility index (Phi) is 3.96. The number of hydrogen-bond acceptors (Lipinski definition) is 4. The normalized spacial score (nSPS) is 18.0. The summed E-state index contributed by atoms with van der Waals surface area (Å²) in [7, 11) is 0. The Labute approximate surface area is 121 Å². The van der Waals surface area contributed by atoms with Gasteiger partial charge >= 0.3 is 0 Å². The Morgan fingerprint density at radius 3 is 2.95 bits per heavy atom. The molecule has 6 heteroatoms. The number of nitrogens with one attached hydrogen (secondary N) is 2. The van der Waals surface area contributed by atoms with E-state index in [0.29, 0.717) is 23.0 Å². The molecule has 1 fully saturated rings. The van der Waals surface area contributed by atoms with Gasteiger partial charge in [-0.05, 0) is 18.9 Å². The Bertz CT molecular complexity index is 705. The summed E-state index contributed by atoms with van der Waals surface area (Å²) >= 11 is 0. The van der Waals surface area contributed by atoms with E-state index in [2.05, 4.69) is 15.5 Å². The van der Waals surface area contributed by atoms with Gasteiger partial charge in [0.05, 0.1) is 23.6 Å². The number of carbonyl (C=O) groups is 1. The highest BCUT2D eigenvalue weighted by molar-refractivity contribution is 5.88. The smallest absolute Gasteiger partial charge is 0.272 e. The molecule has 6 nitrogen and oxygen atoms in total. The lowest BCUT2D eigenvalue weighted by molar-refractivity contribution is -0.121. The van der Waals surface area contributed by atoms with Crippen LogP contribution in [-0.4, -0.2) is 35.4 Å². The van der Waals surface area contributed by atoms with Crippen LogP contribution in [0.15, 0.2) is 29.1 Å². The molecule has 0 radical (unpaired) electrons. The van der Waals surface area contributed by atoms with Crippen LogP contribution in [0.2, 0.25) is 0 Å². The summed E-state index contributed by atoms with van der Waals surface area (Å²) in [5, 5.41) is 10.6. The number of ether oxygens (including phenoxy) is 1. The van der Waals surface area contributed by atoms with E-state index in [-0.39, 0.29) is 24.0 Å². The SMILES string of the molecule is O=C(Cc1n[nH]c(=O)c2ccccc12)NC[C@@H]1CCCO1. The average Bonchev–Trinajstić information content (AvgIpc) is 3.02. The Balaban J connectivity index is 1.71. The zero-order valence-electron chi connectivity index (χ0n) is 11.6. The number of carbonyl (C=O) groups excluding carboxylic acids is 1. The van der Waals surface area contributed by atoms with Crippen LogP contribution in [0.25, 0.3) is 10.8 Å². The van der Waals surface area contributed by atoms with E-state index < -0.39 is 0 Å². The van der Waals surface area contributed by atoms with Crippen LogP contribution in [0.5, 0.6) is 0 Å². The van der Waals surface area contributed by atoms with Gasteiger partial charge in [0.2, 0.25) is 5.91 Å². The van der Waals surface area contributed by atoms with Gasteiger partial charge in [-0.15, -0.1) is 0 Å². The predicted octanol–water partition coefficient (Wildman–Crippen LogP) is 0.761. The van der Waals surface area contributed by atoms with E-state index in [4.69, 9.17) is 4.74 Å². The lowest BCUT2D eigenvalue weighted by Gasteiger charge is -2.11. The molecule has 1 saturated heterocycles. The maximum absolute atomic E-state index is 12.0. The number of H-pyrrole nitrogens is 1. The Hall–Kier alpha value is -2.21. The molecule has 1 aromatic heterocycles. The number of hydrogen-bond donors (Lipinski definition) is 2. The third kappa shape index (κ3) is 3.11. The van der Waals surface area contributed by atoms with Crippen LogP contribution >= 0.6 is 0 Å². The summed E-state index contributed by atoms with van der Waals surface area (Å²) in [5.74, 6) is -0.116. The van der Waals surface area contributed by atoms with E-state index in [1.165, 1.54) is 0 Å². The zero-order chi connectivity index (χ0) is 14.7. The maximum Gasteiger partial charge on any atom is 0.272 e. The number of nitrogens with zero attached hydrogens (tertiary/aromatic N) is 1. The number of aromatic nitrogens is 2. The van der Waals surface area contributed by atoms with E-state index in [0.717, 1.165) is 19.4 Å². The minimum absolute atomic E-state index is 0.116. The molecular weight excluding hydrogens is 270 g/mol. The van der Waals surface area contributed by atoms with Crippen LogP contribution < -0.4 is 10.9 Å². The van der Waals surface area contributed by atoms with Crippen molar-refractivity contribution in [2.24, 2.45) is 0 Å². The predicted molar refractivity (Wildman–Crippen MR) is 78.1 cm³/mol. The highest BCUT2D eigenvalue weighted by Crippen LogP contribution is 2.13. The van der Waals surface area contributed by atoms with Crippen molar-refractivity contribution in [1.29, 1.82) is 0 Å². The lowest BCUT2D eigenvalue weighted by atomic mass is 10.1. The highest BCUT2D eigenvalue weighted by atomic mass is 16.5. The maximum atomic E-state index is 12.0. The zero-order valence-corrected chi connectivity index (χ0v) is 11.6. The first-order valence-corrected chi connectivity index (χ1v) is 7.08. The standard InChI is InChI=1S/C15H17N3O3/c19-14(16-9-10-4-3-7-21-10)8-13-11-5-1-2-6-12(11)15(20)18-17-13/h1-2,5-6,10H,3-4,7-9H2,(H,16,19)(H,18,20)/t10-/m0/s1. The molecule has 2 aromatic rings. The summed E-state index contributed by atoms with van der Waals surface area (Å²) in [6, 6.07) is 7.15. The summed E-state index contributed by atoms with van der Waals surface area (Å²) in [5.41, 5.74) is 0.337. The third-order valence-corrected chi connectivity index (χ3v) is 3.65. The van der Waals surface area contributed by atoms with Crippen molar-refractivity contribution in [2.75, 3.05) is 13.2 Å². The highest BCUT2D eigenvalue weighted by Gasteiger charge is 2.17. The Morgan fingerprint density at radius 2 is 2.19 bits per heavy atom. The van der Waals surface area contributed by atoms with Crippen LogP contribution in [0.3, 0.4) is 0 Å². The second-order valence-electron chi connectivity index (χ2n) is 5.16. The minimum Gasteiger partial charge on any atom is -0.376 e. The molecule has 1 aliphatic rings. The van der Waals surface area contributed by atoms with Crippen molar-refractivity contribution in [3.05, 3.63) is 40.3 Å². The van der Waals surface area contributed by atoms with E-state index in [9.17, 15) is 9.59 Å². The van der Waals surface area contributed by atoms with Crippen molar-refractivity contribution in [1.82, 2.24) is 15.5 Å². The van der Waals surface area contributed by atoms with Gasteiger partial charge in [-0.3, -0.25) is 9.59 Å². The van der Waals surface area contributed by atoms with Gasteiger partial charge < -0.3 is 10.1 Å². The first-order chi connectivity index (χ1) is 10.2. The van der Waals surface area contributed by atoms with Gasteiger partial charge in [-0.25, -0.2) is 5.10 Å². The molecule has 1 aromatic carbocycles. The van der Waals surface area contributed by atoms with Gasteiger partial charge in [0.25, 0.3) is 5.56 Å². The first kappa shape index (κ1) is 13.8. The second kappa shape index (κ2) is 6.05. The Morgan fingerprint density at radius 1 is 1.38 bits per heavy atom. The fourth-order valence-corrected chi connectivity index (χ4v) is 2.55. The van der Waals surface area contributed by atoms with Gasteiger partial charge in [-0.2, -0.15) is 5.10 Å². The fraction of sp³-hybridized carbons (Fsp3) is 0.400. The summed E-state index contributed by atoms with van der Waals surface area (Å²) in [4.78, 5) is 23.7. The minimum atomic E-state index is -0.242. The summed E-state index contributed by atoms with van der Waals surface area (Å²) in [6.45, 7) is 1.30. The molecule has 0 spiro atoms. The molecule has 21 heavy (non-hydrogen) atoms. The molecule has 1 aliphatic heterocycles. The van der Waals surface area contributed by atoms with Gasteiger partial charge in [-0.1, -0.05) is 18.2 Å².